The molecule has 1 aliphatic rings. The van der Waals surface area contributed by atoms with Crippen LogP contribution in [0.25, 0.3) is 0 Å². The lowest BCUT2D eigenvalue weighted by atomic mass is 9.71. The second-order valence-corrected chi connectivity index (χ2v) is 11.4. The number of hydrogen-bond donors (Lipinski definition) is 4. The van der Waals surface area contributed by atoms with Crippen molar-refractivity contribution < 1.29 is 9.18 Å². The van der Waals surface area contributed by atoms with Gasteiger partial charge in [0.25, 0.3) is 0 Å². The fourth-order valence-electron chi connectivity index (χ4n) is 5.45. The predicted molar refractivity (Wildman–Crippen MR) is 154 cm³/mol. The minimum Gasteiger partial charge on any atom is -0.355 e. The van der Waals surface area contributed by atoms with Crippen LogP contribution in [0.4, 0.5) is 20.6 Å². The van der Waals surface area contributed by atoms with Gasteiger partial charge in [0.15, 0.2) is 0 Å². The van der Waals surface area contributed by atoms with Crippen LogP contribution in [-0.2, 0) is 6.42 Å². The highest BCUT2D eigenvalue weighted by atomic mass is 19.1. The van der Waals surface area contributed by atoms with Gasteiger partial charge in [-0.05, 0) is 89.6 Å². The lowest BCUT2D eigenvalue weighted by Gasteiger charge is -2.36. The molecular formula is C32H39FN4O. The standard InChI is InChI=1S/C32H39FN4O/c1-21(2)17-28(23-10-15-29(24(18-23)19-34)36-26-13-11-25(33)12-14-26)32(3,4)20-35-31(38)37-30-16-9-22-7-5-6-8-27(22)30/h5-8,10-15,18-19,21,28,30,34,36H,9,16-17,20H2,1-4H3,(H2,35,37,38)/t28?,30-/m1/s1. The minimum atomic E-state index is -0.285. The quantitative estimate of drug-likeness (QED) is 0.209. The van der Waals surface area contributed by atoms with Crippen LogP contribution in [0.5, 0.6) is 0 Å². The van der Waals surface area contributed by atoms with E-state index in [1.807, 2.05) is 18.2 Å². The third-order valence-corrected chi connectivity index (χ3v) is 7.55. The number of rotatable bonds is 10. The van der Waals surface area contributed by atoms with Gasteiger partial charge in [-0.15, -0.1) is 0 Å². The Kier molecular flexibility index (Phi) is 8.50. The largest absolute Gasteiger partial charge is 0.355 e. The van der Waals surface area contributed by atoms with Gasteiger partial charge in [0.1, 0.15) is 5.82 Å². The van der Waals surface area contributed by atoms with Crippen molar-refractivity contribution in [3.05, 3.63) is 94.8 Å². The monoisotopic (exact) mass is 514 g/mol. The third-order valence-electron chi connectivity index (χ3n) is 7.55. The molecule has 6 heteroatoms. The number of carbonyl (C=O) groups is 1. The molecule has 4 rings (SSSR count). The maximum Gasteiger partial charge on any atom is 0.315 e. The van der Waals surface area contributed by atoms with Gasteiger partial charge in [0.05, 0.1) is 6.04 Å². The molecule has 0 radical (unpaired) electrons. The Morgan fingerprint density at radius 3 is 2.55 bits per heavy atom. The van der Waals surface area contributed by atoms with E-state index in [1.165, 1.54) is 29.5 Å². The number of benzene rings is 3. The van der Waals surface area contributed by atoms with E-state index in [4.69, 9.17) is 5.41 Å². The lowest BCUT2D eigenvalue weighted by Crippen LogP contribution is -2.43. The summed E-state index contributed by atoms with van der Waals surface area (Å²) in [6, 6.07) is 20.6. The fourth-order valence-corrected chi connectivity index (χ4v) is 5.45. The summed E-state index contributed by atoms with van der Waals surface area (Å²) in [7, 11) is 0. The van der Waals surface area contributed by atoms with E-state index in [0.717, 1.165) is 41.8 Å². The van der Waals surface area contributed by atoms with E-state index >= 15 is 0 Å². The molecule has 0 aliphatic heterocycles. The smallest absolute Gasteiger partial charge is 0.315 e. The van der Waals surface area contributed by atoms with Crippen molar-refractivity contribution in [3.63, 3.8) is 0 Å². The second kappa shape index (κ2) is 11.8. The number of carbonyl (C=O) groups excluding carboxylic acids is 1. The SMILES string of the molecule is CC(C)CC(c1ccc(Nc2ccc(F)cc2)c(C=N)c1)C(C)(C)CNC(=O)N[C@@H]1CCc2ccccc21. The van der Waals surface area contributed by atoms with Gasteiger partial charge in [0.2, 0.25) is 0 Å². The molecule has 1 aliphatic carbocycles. The number of hydrogen-bond acceptors (Lipinski definition) is 3. The average Bonchev–Trinajstić information content (AvgIpc) is 3.30. The molecule has 2 amide bonds. The van der Waals surface area contributed by atoms with Gasteiger partial charge in [-0.1, -0.05) is 58.0 Å². The van der Waals surface area contributed by atoms with Crippen LogP contribution in [0.15, 0.2) is 66.7 Å². The molecule has 0 bridgehead atoms. The van der Waals surface area contributed by atoms with Crippen molar-refractivity contribution in [2.24, 2.45) is 11.3 Å². The van der Waals surface area contributed by atoms with Crippen LogP contribution < -0.4 is 16.0 Å². The molecule has 3 aromatic carbocycles. The molecule has 3 aromatic rings. The Hall–Kier alpha value is -3.67. The summed E-state index contributed by atoms with van der Waals surface area (Å²) in [6.07, 6.45) is 4.22. The number of amides is 2. The Morgan fingerprint density at radius 1 is 1.11 bits per heavy atom. The van der Waals surface area contributed by atoms with Crippen molar-refractivity contribution >= 4 is 23.6 Å². The number of halogens is 1. The average molecular weight is 515 g/mol. The van der Waals surface area contributed by atoms with E-state index in [-0.39, 0.29) is 29.2 Å². The van der Waals surface area contributed by atoms with Gasteiger partial charge in [0, 0.05) is 29.7 Å². The van der Waals surface area contributed by atoms with Crippen LogP contribution in [0, 0.1) is 22.6 Å². The van der Waals surface area contributed by atoms with E-state index in [0.29, 0.717) is 12.5 Å². The van der Waals surface area contributed by atoms with Gasteiger partial charge in [-0.25, -0.2) is 9.18 Å². The first-order valence-electron chi connectivity index (χ1n) is 13.5. The van der Waals surface area contributed by atoms with E-state index in [2.05, 4.69) is 67.9 Å². The molecule has 38 heavy (non-hydrogen) atoms. The summed E-state index contributed by atoms with van der Waals surface area (Å²) in [6.45, 7) is 9.34. The topological polar surface area (TPSA) is 77.0 Å². The normalized spacial score (nSPS) is 15.6. The molecule has 0 saturated heterocycles. The van der Waals surface area contributed by atoms with Crippen LogP contribution in [0.1, 0.15) is 74.8 Å². The van der Waals surface area contributed by atoms with Crippen LogP contribution >= 0.6 is 0 Å². The molecule has 200 valence electrons. The molecule has 5 nitrogen and oxygen atoms in total. The van der Waals surface area contributed by atoms with E-state index in [9.17, 15) is 9.18 Å². The molecule has 0 fully saturated rings. The van der Waals surface area contributed by atoms with Crippen molar-refractivity contribution in [2.75, 3.05) is 11.9 Å². The zero-order valence-electron chi connectivity index (χ0n) is 22.8. The Balaban J connectivity index is 1.47. The number of aryl methyl sites for hydroxylation is 1. The molecule has 0 spiro atoms. The first-order valence-corrected chi connectivity index (χ1v) is 13.5. The summed E-state index contributed by atoms with van der Waals surface area (Å²) >= 11 is 0. The molecular weight excluding hydrogens is 475 g/mol. The molecule has 4 N–H and O–H groups in total. The lowest BCUT2D eigenvalue weighted by molar-refractivity contribution is 0.215. The van der Waals surface area contributed by atoms with Gasteiger partial charge < -0.3 is 21.4 Å². The molecule has 0 aromatic heterocycles. The first kappa shape index (κ1) is 27.4. The third kappa shape index (κ3) is 6.60. The van der Waals surface area contributed by atoms with Gasteiger partial charge >= 0.3 is 6.03 Å². The molecule has 0 heterocycles. The van der Waals surface area contributed by atoms with Crippen molar-refractivity contribution in [1.29, 1.82) is 5.41 Å². The first-order chi connectivity index (χ1) is 18.2. The second-order valence-electron chi connectivity index (χ2n) is 11.4. The number of nitrogens with one attached hydrogen (secondary N) is 4. The summed E-state index contributed by atoms with van der Waals surface area (Å²) in [4.78, 5) is 12.9. The molecule has 1 unspecified atom stereocenters. The van der Waals surface area contributed by atoms with Crippen molar-refractivity contribution in [3.8, 4) is 0 Å². The van der Waals surface area contributed by atoms with Crippen molar-refractivity contribution in [2.45, 2.75) is 58.9 Å². The maximum absolute atomic E-state index is 13.3. The van der Waals surface area contributed by atoms with Crippen LogP contribution in [0.3, 0.4) is 0 Å². The number of fused-ring (bicyclic) bond motifs is 1. The minimum absolute atomic E-state index is 0.0528. The van der Waals surface area contributed by atoms with Gasteiger partial charge in [-0.2, -0.15) is 0 Å². The maximum atomic E-state index is 13.3. The summed E-state index contributed by atoms with van der Waals surface area (Å²) in [5, 5.41) is 17.6. The zero-order valence-corrected chi connectivity index (χ0v) is 22.8. The highest BCUT2D eigenvalue weighted by Crippen LogP contribution is 2.41. The van der Waals surface area contributed by atoms with Crippen LogP contribution in [-0.4, -0.2) is 18.8 Å². The molecule has 2 atom stereocenters. The Labute approximate surface area is 225 Å². The Bertz CT molecular complexity index is 1270. The zero-order chi connectivity index (χ0) is 27.3. The number of urea groups is 1. The van der Waals surface area contributed by atoms with Crippen LogP contribution in [0.2, 0.25) is 0 Å². The highest BCUT2D eigenvalue weighted by molar-refractivity contribution is 5.87. The summed E-state index contributed by atoms with van der Waals surface area (Å²) in [5.74, 6) is 0.351. The van der Waals surface area contributed by atoms with E-state index in [1.54, 1.807) is 12.1 Å². The summed E-state index contributed by atoms with van der Waals surface area (Å²) < 4.78 is 13.3. The molecule has 0 saturated carbocycles. The number of anilines is 2. The predicted octanol–water partition coefficient (Wildman–Crippen LogP) is 7.71. The fraction of sp³-hybridized carbons (Fsp3) is 0.375. The highest BCUT2D eigenvalue weighted by Gasteiger charge is 2.33. The Morgan fingerprint density at radius 2 is 1.84 bits per heavy atom. The van der Waals surface area contributed by atoms with Crippen molar-refractivity contribution in [1.82, 2.24) is 10.6 Å². The van der Waals surface area contributed by atoms with E-state index < -0.39 is 0 Å². The summed E-state index contributed by atoms with van der Waals surface area (Å²) in [5.41, 5.74) is 5.77. The van der Waals surface area contributed by atoms with Gasteiger partial charge in [-0.3, -0.25) is 0 Å².